The van der Waals surface area contributed by atoms with Crippen molar-refractivity contribution in [2.75, 3.05) is 18.4 Å². The average molecular weight is 490 g/mol. The van der Waals surface area contributed by atoms with Crippen molar-refractivity contribution < 1.29 is 26.7 Å². The van der Waals surface area contributed by atoms with Crippen LogP contribution in [-0.4, -0.2) is 62.6 Å². The normalized spacial score (nSPS) is 25.6. The van der Waals surface area contributed by atoms with Crippen LogP contribution >= 0.6 is 0 Å². The van der Waals surface area contributed by atoms with E-state index in [-0.39, 0.29) is 43.5 Å². The molecule has 2 fully saturated rings. The summed E-state index contributed by atoms with van der Waals surface area (Å²) in [7, 11) is -5.35. The molecule has 0 radical (unpaired) electrons. The first-order valence-electron chi connectivity index (χ1n) is 10.8. The molecular formula is C20H26F3N5O4S. The van der Waals surface area contributed by atoms with Crippen molar-refractivity contribution in [3.8, 4) is 0 Å². The van der Waals surface area contributed by atoms with E-state index in [0.29, 0.717) is 33.7 Å². The van der Waals surface area contributed by atoms with Crippen LogP contribution < -0.4 is 10.9 Å². The molecule has 2 atom stereocenters. The Kier molecular flexibility index (Phi) is 5.94. The Morgan fingerprint density at radius 1 is 1.24 bits per heavy atom. The molecule has 4 rings (SSSR count). The molecule has 13 heteroatoms. The van der Waals surface area contributed by atoms with Gasteiger partial charge in [0.05, 0.1) is 11.6 Å². The van der Waals surface area contributed by atoms with E-state index in [1.165, 1.54) is 4.57 Å². The second-order valence-electron chi connectivity index (χ2n) is 9.01. The van der Waals surface area contributed by atoms with Crippen LogP contribution in [0.3, 0.4) is 0 Å². The number of fused-ring (bicyclic) bond motifs is 1. The van der Waals surface area contributed by atoms with Crippen LogP contribution in [-0.2, 0) is 10.0 Å². The summed E-state index contributed by atoms with van der Waals surface area (Å²) in [6.07, 6.45) is 3.82. The van der Waals surface area contributed by atoms with Crippen molar-refractivity contribution in [3.63, 3.8) is 0 Å². The highest BCUT2D eigenvalue weighted by Gasteiger charge is 2.50. The lowest BCUT2D eigenvalue weighted by molar-refractivity contribution is -0.0494. The summed E-state index contributed by atoms with van der Waals surface area (Å²) in [6, 6.07) is 0.913. The van der Waals surface area contributed by atoms with E-state index in [2.05, 4.69) is 15.3 Å². The smallest absolute Gasteiger partial charge is 0.388 e. The molecule has 2 aliphatic rings. The maximum atomic E-state index is 13.0. The molecule has 33 heavy (non-hydrogen) atoms. The summed E-state index contributed by atoms with van der Waals surface area (Å²) in [5, 5.41) is 14.5. The molecule has 1 aliphatic heterocycles. The zero-order valence-corrected chi connectivity index (χ0v) is 19.1. The second kappa shape index (κ2) is 8.20. The van der Waals surface area contributed by atoms with Gasteiger partial charge in [-0.15, -0.1) is 0 Å². The lowest BCUT2D eigenvalue weighted by Crippen LogP contribution is -2.47. The number of alkyl halides is 3. The van der Waals surface area contributed by atoms with Crippen molar-refractivity contribution in [2.24, 2.45) is 0 Å². The van der Waals surface area contributed by atoms with Gasteiger partial charge in [-0.05, 0) is 52.0 Å². The average Bonchev–Trinajstić information content (AvgIpc) is 3.07. The summed E-state index contributed by atoms with van der Waals surface area (Å²) in [5.74, 6) is 0.189. The van der Waals surface area contributed by atoms with Gasteiger partial charge in [0.15, 0.2) is 0 Å². The van der Waals surface area contributed by atoms with Gasteiger partial charge in [-0.2, -0.15) is 22.5 Å². The van der Waals surface area contributed by atoms with Gasteiger partial charge >= 0.3 is 15.5 Å². The van der Waals surface area contributed by atoms with Crippen LogP contribution in [0.4, 0.5) is 19.1 Å². The van der Waals surface area contributed by atoms with Crippen LogP contribution in [0, 0.1) is 6.92 Å². The first-order chi connectivity index (χ1) is 15.3. The van der Waals surface area contributed by atoms with E-state index < -0.39 is 27.2 Å². The van der Waals surface area contributed by atoms with E-state index in [4.69, 9.17) is 0 Å². The zero-order valence-electron chi connectivity index (χ0n) is 18.3. The Hall–Kier alpha value is -2.25. The fourth-order valence-corrected chi connectivity index (χ4v) is 5.71. The van der Waals surface area contributed by atoms with Crippen LogP contribution in [0.5, 0.6) is 0 Å². The Labute approximate surface area is 188 Å². The Bertz CT molecular complexity index is 1220. The maximum Gasteiger partial charge on any atom is 0.511 e. The number of nitrogens with zero attached hydrogens (tertiary/aromatic N) is 4. The van der Waals surface area contributed by atoms with Crippen molar-refractivity contribution in [3.05, 3.63) is 28.2 Å². The molecule has 2 aromatic rings. The number of piperidine rings is 1. The molecule has 0 amide bonds. The predicted molar refractivity (Wildman–Crippen MR) is 115 cm³/mol. The molecule has 2 aromatic heterocycles. The number of hydrogen-bond donors (Lipinski definition) is 2. The first kappa shape index (κ1) is 23.9. The second-order valence-corrected chi connectivity index (χ2v) is 10.9. The number of sulfonamides is 1. The summed E-state index contributed by atoms with van der Waals surface area (Å²) >= 11 is 0. The third-order valence-electron chi connectivity index (χ3n) is 6.56. The number of rotatable bonds is 4. The van der Waals surface area contributed by atoms with Crippen LogP contribution in [0.15, 0.2) is 17.1 Å². The molecule has 182 valence electrons. The molecule has 1 aliphatic carbocycles. The summed E-state index contributed by atoms with van der Waals surface area (Å²) < 4.78 is 63.5. The van der Waals surface area contributed by atoms with Crippen molar-refractivity contribution in [2.45, 2.75) is 69.1 Å². The number of anilines is 1. The number of hydrogen-bond acceptors (Lipinski definition) is 7. The van der Waals surface area contributed by atoms with Crippen molar-refractivity contribution in [1.29, 1.82) is 0 Å². The van der Waals surface area contributed by atoms with Gasteiger partial charge in [0.25, 0.3) is 5.56 Å². The van der Waals surface area contributed by atoms with Crippen LogP contribution in [0.1, 0.15) is 50.6 Å². The van der Waals surface area contributed by atoms with Gasteiger partial charge in [0.1, 0.15) is 5.65 Å². The highest BCUT2D eigenvalue weighted by molar-refractivity contribution is 7.90. The zero-order chi connectivity index (χ0) is 24.2. The number of pyridine rings is 1. The fourth-order valence-electron chi connectivity index (χ4n) is 4.72. The van der Waals surface area contributed by atoms with Gasteiger partial charge in [-0.25, -0.2) is 13.4 Å². The summed E-state index contributed by atoms with van der Waals surface area (Å²) in [4.78, 5) is 21.8. The van der Waals surface area contributed by atoms with E-state index in [1.54, 1.807) is 26.1 Å². The molecular weight excluding hydrogens is 463 g/mol. The van der Waals surface area contributed by atoms with E-state index in [1.807, 2.05) is 0 Å². The Morgan fingerprint density at radius 3 is 2.48 bits per heavy atom. The number of nitrogens with one attached hydrogen (secondary N) is 1. The molecule has 0 unspecified atom stereocenters. The Morgan fingerprint density at radius 2 is 1.91 bits per heavy atom. The highest BCUT2D eigenvalue weighted by atomic mass is 32.2. The van der Waals surface area contributed by atoms with Gasteiger partial charge < -0.3 is 10.4 Å². The molecule has 3 heterocycles. The number of aryl methyl sites for hydroxylation is 1. The summed E-state index contributed by atoms with van der Waals surface area (Å²) in [5.41, 5.74) is -5.75. The quantitative estimate of drug-likeness (QED) is 0.677. The third-order valence-corrected chi connectivity index (χ3v) is 8.19. The molecule has 0 spiro atoms. The molecule has 2 N–H and O–H groups in total. The molecule has 1 saturated heterocycles. The van der Waals surface area contributed by atoms with Crippen molar-refractivity contribution in [1.82, 2.24) is 18.8 Å². The van der Waals surface area contributed by atoms with Gasteiger partial charge in [0, 0.05) is 36.3 Å². The van der Waals surface area contributed by atoms with Crippen LogP contribution in [0.25, 0.3) is 11.0 Å². The monoisotopic (exact) mass is 489 g/mol. The van der Waals surface area contributed by atoms with E-state index in [0.717, 1.165) is 6.42 Å². The topological polar surface area (TPSA) is 117 Å². The maximum absolute atomic E-state index is 13.0. The number of aromatic nitrogens is 3. The van der Waals surface area contributed by atoms with Gasteiger partial charge in [0.2, 0.25) is 5.95 Å². The molecule has 0 bridgehead atoms. The molecule has 1 saturated carbocycles. The number of aliphatic hydroxyl groups is 1. The first-order valence-corrected chi connectivity index (χ1v) is 12.2. The number of halogens is 3. The highest BCUT2D eigenvalue weighted by Crippen LogP contribution is 2.39. The van der Waals surface area contributed by atoms with Gasteiger partial charge in [-0.1, -0.05) is 0 Å². The van der Waals surface area contributed by atoms with E-state index in [9.17, 15) is 31.5 Å². The Balaban J connectivity index is 1.59. The lowest BCUT2D eigenvalue weighted by atomic mass is 9.99. The standard InChI is InChI=1S/C20H26F3N5O4S/c1-12-10-13-11-24-18(25-14-5-8-27(9-6-14)33(31,32)20(21,22)23)26-16(13)28(17(12)29)15-4-3-7-19(15,2)30/h10-11,14-15,30H,3-9H2,1-2H3,(H,24,25,26)/t15-,19-/m1/s1. The minimum Gasteiger partial charge on any atom is -0.388 e. The van der Waals surface area contributed by atoms with Crippen molar-refractivity contribution >= 4 is 27.0 Å². The minimum absolute atomic E-state index is 0.148. The lowest BCUT2D eigenvalue weighted by Gasteiger charge is -2.32. The predicted octanol–water partition coefficient (Wildman–Crippen LogP) is 2.30. The van der Waals surface area contributed by atoms with Crippen LogP contribution in [0.2, 0.25) is 0 Å². The van der Waals surface area contributed by atoms with E-state index >= 15 is 0 Å². The minimum atomic E-state index is -5.35. The molecule has 9 nitrogen and oxygen atoms in total. The third kappa shape index (κ3) is 4.33. The van der Waals surface area contributed by atoms with Gasteiger partial charge in [-0.3, -0.25) is 9.36 Å². The molecule has 0 aromatic carbocycles. The largest absolute Gasteiger partial charge is 0.511 e. The fraction of sp³-hybridized carbons (Fsp3) is 0.650. The SMILES string of the molecule is Cc1cc2cnc(NC3CCN(S(=O)(=O)C(F)(F)F)CC3)nc2n([C@@H]2CCC[C@@]2(C)O)c1=O. The summed E-state index contributed by atoms with van der Waals surface area (Å²) in [6.45, 7) is 2.84.